The Labute approximate surface area is 130 Å². The van der Waals surface area contributed by atoms with Gasteiger partial charge in [-0.3, -0.25) is 0 Å². The summed E-state index contributed by atoms with van der Waals surface area (Å²) in [5, 5.41) is 3.66. The summed E-state index contributed by atoms with van der Waals surface area (Å²) in [5.41, 5.74) is 5.33. The van der Waals surface area contributed by atoms with Crippen LogP contribution in [0.25, 0.3) is 0 Å². The first-order valence-electron chi connectivity index (χ1n) is 6.44. The highest BCUT2D eigenvalue weighted by Crippen LogP contribution is 2.37. The van der Waals surface area contributed by atoms with Crippen molar-refractivity contribution in [3.63, 3.8) is 0 Å². The molecule has 1 unspecified atom stereocenters. The summed E-state index contributed by atoms with van der Waals surface area (Å²) in [7, 11) is 0. The van der Waals surface area contributed by atoms with Crippen LogP contribution in [0.4, 0.5) is 5.69 Å². The van der Waals surface area contributed by atoms with Crippen molar-refractivity contribution >= 4 is 37.5 Å². The Morgan fingerprint density at radius 1 is 1.16 bits per heavy atom. The number of rotatable bonds is 2. The maximum absolute atomic E-state index is 3.66. The fourth-order valence-electron chi connectivity index (χ4n) is 2.78. The molecule has 0 saturated heterocycles. The van der Waals surface area contributed by atoms with Gasteiger partial charge in [-0.05, 0) is 60.7 Å². The summed E-state index contributed by atoms with van der Waals surface area (Å²) in [6.45, 7) is 2.12. The Kier molecular flexibility index (Phi) is 3.68. The van der Waals surface area contributed by atoms with E-state index in [2.05, 4.69) is 80.5 Å². The van der Waals surface area contributed by atoms with Crippen LogP contribution in [0.15, 0.2) is 45.3 Å². The number of anilines is 1. The minimum absolute atomic E-state index is 0.418. The lowest BCUT2D eigenvalue weighted by atomic mass is 10.1. The van der Waals surface area contributed by atoms with Crippen molar-refractivity contribution in [2.75, 3.05) is 5.32 Å². The predicted molar refractivity (Wildman–Crippen MR) is 87.7 cm³/mol. The number of halogens is 2. The number of hydrogen-bond donors (Lipinski definition) is 1. The van der Waals surface area contributed by atoms with Gasteiger partial charge in [-0.25, -0.2) is 0 Å². The first-order chi connectivity index (χ1) is 9.13. The third-order valence-corrected chi connectivity index (χ3v) is 4.80. The van der Waals surface area contributed by atoms with E-state index >= 15 is 0 Å². The normalized spacial score (nSPS) is 17.3. The molecule has 0 aliphatic heterocycles. The molecule has 98 valence electrons. The molecule has 0 fully saturated rings. The van der Waals surface area contributed by atoms with E-state index in [-0.39, 0.29) is 0 Å². The van der Waals surface area contributed by atoms with Crippen LogP contribution in [-0.4, -0.2) is 0 Å². The lowest BCUT2D eigenvalue weighted by Gasteiger charge is -2.16. The van der Waals surface area contributed by atoms with Crippen LogP contribution in [0.3, 0.4) is 0 Å². The standard InChI is InChI=1S/C16H15Br2N/c1-10-7-11(17)9-12(8-10)19-16-6-5-13-14(16)3-2-4-15(13)18/h2-4,7-9,16,19H,5-6H2,1H3. The van der Waals surface area contributed by atoms with Gasteiger partial charge in [0.05, 0.1) is 6.04 Å². The molecule has 1 atom stereocenters. The highest BCUT2D eigenvalue weighted by molar-refractivity contribution is 9.10. The van der Waals surface area contributed by atoms with Gasteiger partial charge in [0.25, 0.3) is 0 Å². The molecule has 19 heavy (non-hydrogen) atoms. The highest BCUT2D eigenvalue weighted by atomic mass is 79.9. The highest BCUT2D eigenvalue weighted by Gasteiger charge is 2.23. The third-order valence-electron chi connectivity index (χ3n) is 3.60. The molecule has 2 aromatic rings. The fraction of sp³-hybridized carbons (Fsp3) is 0.250. The third kappa shape index (κ3) is 2.72. The van der Waals surface area contributed by atoms with Crippen LogP contribution in [0.2, 0.25) is 0 Å². The molecule has 0 bridgehead atoms. The van der Waals surface area contributed by atoms with Crippen LogP contribution in [-0.2, 0) is 6.42 Å². The molecule has 2 aromatic carbocycles. The minimum atomic E-state index is 0.418. The monoisotopic (exact) mass is 379 g/mol. The molecule has 3 heteroatoms. The Morgan fingerprint density at radius 3 is 2.79 bits per heavy atom. The number of nitrogens with one attached hydrogen (secondary N) is 1. The second kappa shape index (κ2) is 5.29. The summed E-state index contributed by atoms with van der Waals surface area (Å²) < 4.78 is 2.36. The van der Waals surface area contributed by atoms with E-state index in [1.165, 1.54) is 26.9 Å². The Balaban J connectivity index is 1.89. The molecular formula is C16H15Br2N. The summed E-state index contributed by atoms with van der Waals surface area (Å²) in [5.74, 6) is 0. The molecule has 0 saturated carbocycles. The summed E-state index contributed by atoms with van der Waals surface area (Å²) in [4.78, 5) is 0. The molecular weight excluding hydrogens is 366 g/mol. The van der Waals surface area contributed by atoms with Gasteiger partial charge in [0.1, 0.15) is 0 Å². The number of fused-ring (bicyclic) bond motifs is 1. The van der Waals surface area contributed by atoms with Crippen molar-refractivity contribution in [1.82, 2.24) is 0 Å². The molecule has 0 amide bonds. The van der Waals surface area contributed by atoms with Gasteiger partial charge in [0.15, 0.2) is 0 Å². The van der Waals surface area contributed by atoms with Gasteiger partial charge in [-0.15, -0.1) is 0 Å². The first kappa shape index (κ1) is 13.2. The van der Waals surface area contributed by atoms with Gasteiger partial charge < -0.3 is 5.32 Å². The number of hydrogen-bond acceptors (Lipinski definition) is 1. The number of benzene rings is 2. The van der Waals surface area contributed by atoms with Gasteiger partial charge in [0, 0.05) is 14.6 Å². The Hall–Kier alpha value is -0.800. The summed E-state index contributed by atoms with van der Waals surface area (Å²) >= 11 is 7.21. The average Bonchev–Trinajstić information content (AvgIpc) is 2.73. The molecule has 1 N–H and O–H groups in total. The van der Waals surface area contributed by atoms with Crippen molar-refractivity contribution < 1.29 is 0 Å². The number of aryl methyl sites for hydroxylation is 1. The Morgan fingerprint density at radius 2 is 2.00 bits per heavy atom. The van der Waals surface area contributed by atoms with E-state index < -0.39 is 0 Å². The molecule has 3 rings (SSSR count). The van der Waals surface area contributed by atoms with E-state index in [1.807, 2.05) is 0 Å². The van der Waals surface area contributed by atoms with Gasteiger partial charge in [0.2, 0.25) is 0 Å². The van der Waals surface area contributed by atoms with E-state index in [0.717, 1.165) is 17.3 Å². The van der Waals surface area contributed by atoms with Crippen LogP contribution >= 0.6 is 31.9 Å². The van der Waals surface area contributed by atoms with Crippen LogP contribution in [0.5, 0.6) is 0 Å². The fourth-order valence-corrected chi connectivity index (χ4v) is 3.97. The zero-order valence-electron chi connectivity index (χ0n) is 10.7. The second-order valence-corrected chi connectivity index (χ2v) is 6.83. The lowest BCUT2D eigenvalue weighted by Crippen LogP contribution is -2.07. The maximum Gasteiger partial charge on any atom is 0.0520 e. The van der Waals surface area contributed by atoms with E-state index in [1.54, 1.807) is 0 Å². The topological polar surface area (TPSA) is 12.0 Å². The van der Waals surface area contributed by atoms with E-state index in [0.29, 0.717) is 6.04 Å². The molecule has 0 radical (unpaired) electrons. The van der Waals surface area contributed by atoms with Gasteiger partial charge in [-0.2, -0.15) is 0 Å². The minimum Gasteiger partial charge on any atom is -0.378 e. The zero-order chi connectivity index (χ0) is 13.4. The summed E-state index contributed by atoms with van der Waals surface area (Å²) in [6, 6.07) is 13.4. The van der Waals surface area contributed by atoms with E-state index in [9.17, 15) is 0 Å². The van der Waals surface area contributed by atoms with Crippen molar-refractivity contribution in [1.29, 1.82) is 0 Å². The van der Waals surface area contributed by atoms with Crippen LogP contribution in [0.1, 0.15) is 29.2 Å². The molecule has 0 aromatic heterocycles. The van der Waals surface area contributed by atoms with Crippen LogP contribution < -0.4 is 5.32 Å². The lowest BCUT2D eigenvalue weighted by molar-refractivity contribution is 0.761. The van der Waals surface area contributed by atoms with Crippen molar-refractivity contribution in [2.45, 2.75) is 25.8 Å². The molecule has 0 spiro atoms. The quantitative estimate of drug-likeness (QED) is 0.712. The van der Waals surface area contributed by atoms with E-state index in [4.69, 9.17) is 0 Å². The zero-order valence-corrected chi connectivity index (χ0v) is 13.9. The largest absolute Gasteiger partial charge is 0.378 e. The van der Waals surface area contributed by atoms with Crippen molar-refractivity contribution in [2.24, 2.45) is 0 Å². The van der Waals surface area contributed by atoms with Gasteiger partial charge >= 0.3 is 0 Å². The SMILES string of the molecule is Cc1cc(Br)cc(NC2CCc3c(Br)cccc32)c1. The summed E-state index contributed by atoms with van der Waals surface area (Å²) in [6.07, 6.45) is 2.30. The second-order valence-electron chi connectivity index (χ2n) is 5.06. The smallest absolute Gasteiger partial charge is 0.0520 e. The maximum atomic E-state index is 3.66. The first-order valence-corrected chi connectivity index (χ1v) is 8.03. The average molecular weight is 381 g/mol. The van der Waals surface area contributed by atoms with Crippen LogP contribution in [0, 0.1) is 6.92 Å². The van der Waals surface area contributed by atoms with Crippen molar-refractivity contribution in [3.8, 4) is 0 Å². The van der Waals surface area contributed by atoms with Gasteiger partial charge in [-0.1, -0.05) is 44.0 Å². The van der Waals surface area contributed by atoms with Crippen molar-refractivity contribution in [3.05, 3.63) is 62.0 Å². The molecule has 1 aliphatic rings. The molecule has 1 nitrogen and oxygen atoms in total. The Bertz CT molecular complexity index is 602. The molecule has 1 aliphatic carbocycles. The molecule has 0 heterocycles. The predicted octanol–water partition coefficient (Wildman–Crippen LogP) is 5.62.